The summed E-state index contributed by atoms with van der Waals surface area (Å²) in [6.45, 7) is 2.30. The van der Waals surface area contributed by atoms with E-state index in [1.807, 2.05) is 25.1 Å². The molecule has 164 valence electrons. The quantitative estimate of drug-likeness (QED) is 0.646. The van der Waals surface area contributed by atoms with Crippen molar-refractivity contribution in [2.75, 3.05) is 5.32 Å². The van der Waals surface area contributed by atoms with E-state index >= 15 is 0 Å². The molecular weight excluding hydrogens is 408 g/mol. The van der Waals surface area contributed by atoms with E-state index in [9.17, 15) is 19.2 Å². The van der Waals surface area contributed by atoms with Gasteiger partial charge in [0.2, 0.25) is 11.8 Å². The van der Waals surface area contributed by atoms with E-state index in [2.05, 4.69) is 22.0 Å². The van der Waals surface area contributed by atoms with E-state index in [0.29, 0.717) is 17.7 Å². The molecule has 2 aliphatic heterocycles. The number of fused-ring (bicyclic) bond motifs is 1. The molecule has 0 spiro atoms. The number of anilines is 1. The third-order valence-corrected chi connectivity index (χ3v) is 6.45. The van der Waals surface area contributed by atoms with Crippen LogP contribution in [0.25, 0.3) is 0 Å². The number of hydrogen-bond acceptors (Lipinski definition) is 4. The fourth-order valence-corrected chi connectivity index (χ4v) is 4.59. The van der Waals surface area contributed by atoms with Crippen molar-refractivity contribution in [2.45, 2.75) is 50.7 Å². The number of hydrogen-bond donors (Lipinski definition) is 3. The molecule has 0 radical (unpaired) electrons. The molecule has 5 rings (SSSR count). The summed E-state index contributed by atoms with van der Waals surface area (Å²) in [6.07, 6.45) is 2.32. The van der Waals surface area contributed by atoms with E-state index in [4.69, 9.17) is 0 Å². The predicted octanol–water partition coefficient (Wildman–Crippen LogP) is 2.57. The molecule has 0 bridgehead atoms. The molecule has 1 saturated heterocycles. The summed E-state index contributed by atoms with van der Waals surface area (Å²) in [7, 11) is 0. The molecule has 3 aliphatic rings. The highest BCUT2D eigenvalue weighted by molar-refractivity contribution is 6.05. The molecule has 2 aromatic rings. The molecule has 32 heavy (non-hydrogen) atoms. The van der Waals surface area contributed by atoms with Crippen LogP contribution in [0.1, 0.15) is 52.7 Å². The Morgan fingerprint density at radius 1 is 1.12 bits per heavy atom. The summed E-state index contributed by atoms with van der Waals surface area (Å²) in [5.74, 6) is -0.986. The summed E-state index contributed by atoms with van der Waals surface area (Å²) in [4.78, 5) is 50.6. The van der Waals surface area contributed by atoms with Gasteiger partial charge < -0.3 is 15.5 Å². The standard InChI is InChI=1S/C24H24N4O4/c1-14-3-2-4-16(11-14)24(9-10-24)27-23(32)25-17-5-6-18-15(12-17)13-28(22(18)31)19-7-8-20(29)26-21(19)30/h2-6,11-12,19H,7-10,13H2,1H3,(H2,25,27,32)(H,26,29,30). The number of aryl methyl sites for hydroxylation is 1. The van der Waals surface area contributed by atoms with Gasteiger partial charge in [0.05, 0.1) is 5.54 Å². The topological polar surface area (TPSA) is 108 Å². The van der Waals surface area contributed by atoms with Gasteiger partial charge >= 0.3 is 6.03 Å². The van der Waals surface area contributed by atoms with Gasteiger partial charge in [-0.15, -0.1) is 0 Å². The van der Waals surface area contributed by atoms with Crippen LogP contribution >= 0.6 is 0 Å². The molecule has 1 atom stereocenters. The zero-order valence-electron chi connectivity index (χ0n) is 17.7. The van der Waals surface area contributed by atoms with E-state index in [1.165, 1.54) is 4.90 Å². The summed E-state index contributed by atoms with van der Waals surface area (Å²) in [6, 6.07) is 12.3. The largest absolute Gasteiger partial charge is 0.328 e. The molecule has 5 amide bonds. The fourth-order valence-electron chi connectivity index (χ4n) is 4.59. The molecule has 2 aromatic carbocycles. The first-order chi connectivity index (χ1) is 15.3. The molecule has 0 aromatic heterocycles. The van der Waals surface area contributed by atoms with Crippen LogP contribution in [-0.2, 0) is 21.7 Å². The summed E-state index contributed by atoms with van der Waals surface area (Å²) < 4.78 is 0. The summed E-state index contributed by atoms with van der Waals surface area (Å²) in [5.41, 5.74) is 3.77. The molecule has 1 saturated carbocycles. The highest BCUT2D eigenvalue weighted by atomic mass is 16.2. The number of carbonyl (C=O) groups is 4. The first-order valence-electron chi connectivity index (χ1n) is 10.8. The van der Waals surface area contributed by atoms with Crippen molar-refractivity contribution < 1.29 is 19.2 Å². The van der Waals surface area contributed by atoms with Crippen LogP contribution in [0, 0.1) is 6.92 Å². The van der Waals surface area contributed by atoms with Crippen LogP contribution in [0.3, 0.4) is 0 Å². The van der Waals surface area contributed by atoms with Gasteiger partial charge in [-0.3, -0.25) is 19.7 Å². The molecule has 8 heteroatoms. The number of imide groups is 1. The van der Waals surface area contributed by atoms with Gasteiger partial charge in [0.1, 0.15) is 6.04 Å². The third kappa shape index (κ3) is 3.62. The van der Waals surface area contributed by atoms with Crippen molar-refractivity contribution in [3.8, 4) is 0 Å². The number of piperidine rings is 1. The van der Waals surface area contributed by atoms with Crippen LogP contribution < -0.4 is 16.0 Å². The molecule has 1 unspecified atom stereocenters. The van der Waals surface area contributed by atoms with E-state index in [1.54, 1.807) is 18.2 Å². The van der Waals surface area contributed by atoms with Gasteiger partial charge in [0.25, 0.3) is 5.91 Å². The van der Waals surface area contributed by atoms with Gasteiger partial charge in [0.15, 0.2) is 0 Å². The minimum absolute atomic E-state index is 0.214. The molecule has 2 fully saturated rings. The lowest BCUT2D eigenvalue weighted by atomic mass is 10.0. The SMILES string of the molecule is Cc1cccc(C2(NC(=O)Nc3ccc4c(c3)CN(C3CCC(=O)NC3=O)C4=O)CC2)c1. The van der Waals surface area contributed by atoms with Gasteiger partial charge in [0, 0.05) is 24.2 Å². The van der Waals surface area contributed by atoms with Crippen LogP contribution in [0.5, 0.6) is 0 Å². The van der Waals surface area contributed by atoms with Gasteiger partial charge in [-0.1, -0.05) is 29.8 Å². The number of carbonyl (C=O) groups excluding carboxylic acids is 4. The maximum atomic E-state index is 12.8. The molecule has 1 aliphatic carbocycles. The normalized spacial score (nSPS) is 21.1. The Kier molecular flexibility index (Phi) is 4.73. The number of nitrogens with zero attached hydrogens (tertiary/aromatic N) is 1. The summed E-state index contributed by atoms with van der Waals surface area (Å²) >= 11 is 0. The van der Waals surface area contributed by atoms with Gasteiger partial charge in [-0.2, -0.15) is 0 Å². The minimum Gasteiger partial charge on any atom is -0.328 e. The molecule has 2 heterocycles. The second-order valence-electron chi connectivity index (χ2n) is 8.80. The Bertz CT molecular complexity index is 1150. The van der Waals surface area contributed by atoms with Crippen LogP contribution in [0.4, 0.5) is 10.5 Å². The number of urea groups is 1. The fraction of sp³-hybridized carbons (Fsp3) is 0.333. The van der Waals surface area contributed by atoms with Crippen molar-refractivity contribution in [2.24, 2.45) is 0 Å². The van der Waals surface area contributed by atoms with Crippen molar-refractivity contribution in [1.82, 2.24) is 15.5 Å². The maximum Gasteiger partial charge on any atom is 0.319 e. The van der Waals surface area contributed by atoms with Crippen molar-refractivity contribution in [3.63, 3.8) is 0 Å². The molecular formula is C24H24N4O4. The first-order valence-corrected chi connectivity index (χ1v) is 10.8. The number of amides is 5. The molecule has 8 nitrogen and oxygen atoms in total. The lowest BCUT2D eigenvalue weighted by molar-refractivity contribution is -0.136. The lowest BCUT2D eigenvalue weighted by Crippen LogP contribution is -2.52. The zero-order chi connectivity index (χ0) is 22.5. The van der Waals surface area contributed by atoms with Crippen molar-refractivity contribution in [1.29, 1.82) is 0 Å². The second kappa shape index (κ2) is 7.47. The lowest BCUT2D eigenvalue weighted by Gasteiger charge is -2.29. The Hall–Kier alpha value is -3.68. The van der Waals surface area contributed by atoms with Crippen molar-refractivity contribution >= 4 is 29.4 Å². The van der Waals surface area contributed by atoms with Gasteiger partial charge in [-0.05, 0) is 55.5 Å². The minimum atomic E-state index is -0.656. The third-order valence-electron chi connectivity index (χ3n) is 6.45. The number of nitrogens with one attached hydrogen (secondary N) is 3. The Balaban J connectivity index is 1.27. The molecule has 3 N–H and O–H groups in total. The van der Waals surface area contributed by atoms with E-state index < -0.39 is 11.9 Å². The monoisotopic (exact) mass is 432 g/mol. The zero-order valence-corrected chi connectivity index (χ0v) is 17.7. The highest BCUT2D eigenvalue weighted by Gasteiger charge is 2.46. The van der Waals surface area contributed by atoms with E-state index in [0.717, 1.165) is 29.5 Å². The Morgan fingerprint density at radius 3 is 2.66 bits per heavy atom. The van der Waals surface area contributed by atoms with Gasteiger partial charge in [-0.25, -0.2) is 4.79 Å². The first kappa shape index (κ1) is 20.2. The summed E-state index contributed by atoms with van der Waals surface area (Å²) in [5, 5.41) is 8.26. The van der Waals surface area contributed by atoms with Crippen molar-refractivity contribution in [3.05, 3.63) is 64.7 Å². The van der Waals surface area contributed by atoms with Crippen LogP contribution in [-0.4, -0.2) is 34.7 Å². The predicted molar refractivity (Wildman–Crippen MR) is 117 cm³/mol. The smallest absolute Gasteiger partial charge is 0.319 e. The van der Waals surface area contributed by atoms with Crippen LogP contribution in [0.2, 0.25) is 0 Å². The average Bonchev–Trinajstić information content (AvgIpc) is 3.45. The van der Waals surface area contributed by atoms with Crippen LogP contribution in [0.15, 0.2) is 42.5 Å². The highest BCUT2D eigenvalue weighted by Crippen LogP contribution is 2.45. The Morgan fingerprint density at radius 2 is 1.94 bits per heavy atom. The number of rotatable bonds is 4. The second-order valence-corrected chi connectivity index (χ2v) is 8.80. The average molecular weight is 432 g/mol. The number of benzene rings is 2. The Labute approximate surface area is 185 Å². The maximum absolute atomic E-state index is 12.8. The van der Waals surface area contributed by atoms with E-state index in [-0.39, 0.29) is 36.3 Å².